The van der Waals surface area contributed by atoms with Gasteiger partial charge in [-0.05, 0) is 44.6 Å². The average Bonchev–Trinajstić information content (AvgIpc) is 3.16. The van der Waals surface area contributed by atoms with Gasteiger partial charge in [0.05, 0.1) is 6.54 Å². The second-order valence-electron chi connectivity index (χ2n) is 6.02. The van der Waals surface area contributed by atoms with Crippen molar-refractivity contribution in [2.45, 2.75) is 44.0 Å². The molecule has 0 bridgehead atoms. The van der Waals surface area contributed by atoms with Gasteiger partial charge in [0.15, 0.2) is 6.10 Å². The summed E-state index contributed by atoms with van der Waals surface area (Å²) in [5, 5.41) is 11.9. The first-order chi connectivity index (χ1) is 9.27. The van der Waals surface area contributed by atoms with Crippen molar-refractivity contribution in [3.05, 3.63) is 0 Å². The molecule has 0 aromatic carbocycles. The zero-order chi connectivity index (χ0) is 14.9. The number of carbonyl (C=O) groups is 1. The largest absolute Gasteiger partial charge is 0.415 e. The summed E-state index contributed by atoms with van der Waals surface area (Å²) in [6.45, 7) is -0.711. The molecule has 2 saturated carbocycles. The number of likely N-dealkylation sites (N-methyl/N-ethyl adjacent to an activating group) is 1. The predicted octanol–water partition coefficient (Wildman–Crippen LogP) is 1.15. The molecule has 2 N–H and O–H groups in total. The van der Waals surface area contributed by atoms with Crippen molar-refractivity contribution >= 4 is 5.91 Å². The lowest BCUT2D eigenvalue weighted by atomic mass is 10.1. The van der Waals surface area contributed by atoms with Crippen LogP contribution in [0, 0.1) is 11.8 Å². The third kappa shape index (κ3) is 4.63. The molecule has 2 aliphatic carbocycles. The summed E-state index contributed by atoms with van der Waals surface area (Å²) in [5.74, 6) is 0.848. The van der Waals surface area contributed by atoms with Gasteiger partial charge in [-0.3, -0.25) is 9.69 Å². The normalized spacial score (nSPS) is 21.4. The molecule has 1 amide bonds. The molecule has 0 aromatic rings. The van der Waals surface area contributed by atoms with E-state index in [1.54, 1.807) is 0 Å². The fourth-order valence-electron chi connectivity index (χ4n) is 2.47. The molecular weight excluding hydrogens is 273 g/mol. The van der Waals surface area contributed by atoms with Crippen LogP contribution < -0.4 is 5.32 Å². The van der Waals surface area contributed by atoms with Gasteiger partial charge in [0.2, 0.25) is 5.91 Å². The summed E-state index contributed by atoms with van der Waals surface area (Å²) < 4.78 is 36.6. The number of nitrogens with zero attached hydrogens (tertiary/aromatic N) is 1. The van der Waals surface area contributed by atoms with Crippen LogP contribution in [0.15, 0.2) is 0 Å². The fraction of sp³-hybridized carbons (Fsp3) is 0.923. The predicted molar refractivity (Wildman–Crippen MR) is 66.9 cm³/mol. The number of carbonyl (C=O) groups excluding carboxylic acids is 1. The van der Waals surface area contributed by atoms with Crippen molar-refractivity contribution < 1.29 is 23.1 Å². The number of aliphatic hydroxyl groups is 1. The highest BCUT2D eigenvalue weighted by atomic mass is 19.4. The SMILES string of the molecule is CN(CC(=O)NC(C1CC1)C1CC1)CC(O)C(F)(F)F. The molecule has 2 rings (SSSR count). The van der Waals surface area contributed by atoms with E-state index in [1.807, 2.05) is 0 Å². The molecule has 20 heavy (non-hydrogen) atoms. The second kappa shape index (κ2) is 5.89. The van der Waals surface area contributed by atoms with E-state index in [9.17, 15) is 18.0 Å². The van der Waals surface area contributed by atoms with Gasteiger partial charge < -0.3 is 10.4 Å². The van der Waals surface area contributed by atoms with E-state index >= 15 is 0 Å². The van der Waals surface area contributed by atoms with Crippen molar-refractivity contribution in [3.63, 3.8) is 0 Å². The zero-order valence-electron chi connectivity index (χ0n) is 11.5. The fourth-order valence-corrected chi connectivity index (χ4v) is 2.47. The molecule has 0 radical (unpaired) electrons. The van der Waals surface area contributed by atoms with Crippen LogP contribution in [-0.4, -0.2) is 54.4 Å². The molecule has 1 atom stereocenters. The molecule has 2 aliphatic rings. The second-order valence-corrected chi connectivity index (χ2v) is 6.02. The molecule has 0 heterocycles. The molecular formula is C13H21F3N2O2. The quantitative estimate of drug-likeness (QED) is 0.740. The van der Waals surface area contributed by atoms with Gasteiger partial charge in [-0.15, -0.1) is 0 Å². The van der Waals surface area contributed by atoms with Crippen molar-refractivity contribution in [3.8, 4) is 0 Å². The summed E-state index contributed by atoms with van der Waals surface area (Å²) in [6, 6.07) is 0.198. The maximum atomic E-state index is 12.2. The first-order valence-corrected chi connectivity index (χ1v) is 7.00. The van der Waals surface area contributed by atoms with Gasteiger partial charge in [0.25, 0.3) is 0 Å². The van der Waals surface area contributed by atoms with Crippen LogP contribution in [0.25, 0.3) is 0 Å². The number of aliphatic hydroxyl groups excluding tert-OH is 1. The maximum absolute atomic E-state index is 12.2. The lowest BCUT2D eigenvalue weighted by Crippen LogP contribution is -2.46. The molecule has 0 spiro atoms. The molecule has 116 valence electrons. The average molecular weight is 294 g/mol. The minimum Gasteiger partial charge on any atom is -0.382 e. The Bertz CT molecular complexity index is 342. The van der Waals surface area contributed by atoms with Gasteiger partial charge in [-0.1, -0.05) is 0 Å². The van der Waals surface area contributed by atoms with Crippen molar-refractivity contribution in [1.29, 1.82) is 0 Å². The van der Waals surface area contributed by atoms with Gasteiger partial charge in [-0.25, -0.2) is 0 Å². The van der Waals surface area contributed by atoms with Crippen molar-refractivity contribution in [2.75, 3.05) is 20.1 Å². The van der Waals surface area contributed by atoms with Crippen LogP contribution >= 0.6 is 0 Å². The number of alkyl halides is 3. The Labute approximate surface area is 116 Å². The maximum Gasteiger partial charge on any atom is 0.415 e. The van der Waals surface area contributed by atoms with Gasteiger partial charge in [0, 0.05) is 12.6 Å². The third-order valence-electron chi connectivity index (χ3n) is 3.86. The van der Waals surface area contributed by atoms with Crippen LogP contribution in [0.5, 0.6) is 0 Å². The number of rotatable bonds is 7. The first kappa shape index (κ1) is 15.6. The van der Waals surface area contributed by atoms with Crippen LogP contribution in [0.2, 0.25) is 0 Å². The minimum atomic E-state index is -4.64. The molecule has 1 unspecified atom stereocenters. The van der Waals surface area contributed by atoms with E-state index in [1.165, 1.54) is 11.9 Å². The monoisotopic (exact) mass is 294 g/mol. The zero-order valence-corrected chi connectivity index (χ0v) is 11.5. The first-order valence-electron chi connectivity index (χ1n) is 7.00. The number of halogens is 3. The summed E-state index contributed by atoms with van der Waals surface area (Å²) in [5.41, 5.74) is 0. The number of hydrogen-bond acceptors (Lipinski definition) is 3. The highest BCUT2D eigenvalue weighted by Crippen LogP contribution is 2.44. The van der Waals surface area contributed by atoms with Crippen LogP contribution in [-0.2, 0) is 4.79 Å². The molecule has 0 aliphatic heterocycles. The molecule has 2 fully saturated rings. The summed E-state index contributed by atoms with van der Waals surface area (Å²) >= 11 is 0. The molecule has 4 nitrogen and oxygen atoms in total. The van der Waals surface area contributed by atoms with Crippen LogP contribution in [0.4, 0.5) is 13.2 Å². The van der Waals surface area contributed by atoms with E-state index < -0.39 is 18.8 Å². The van der Waals surface area contributed by atoms with Crippen molar-refractivity contribution in [1.82, 2.24) is 10.2 Å². The summed E-state index contributed by atoms with van der Waals surface area (Å²) in [7, 11) is 1.40. The van der Waals surface area contributed by atoms with E-state index in [2.05, 4.69) is 5.32 Å². The Kier molecular flexibility index (Phi) is 4.59. The molecule has 0 aromatic heterocycles. The Hall–Kier alpha value is -0.820. The lowest BCUT2D eigenvalue weighted by Gasteiger charge is -2.23. The number of hydrogen-bond donors (Lipinski definition) is 2. The smallest absolute Gasteiger partial charge is 0.382 e. The highest BCUT2D eigenvalue weighted by Gasteiger charge is 2.42. The van der Waals surface area contributed by atoms with Gasteiger partial charge >= 0.3 is 6.18 Å². The summed E-state index contributed by atoms with van der Waals surface area (Å²) in [4.78, 5) is 13.0. The molecule has 7 heteroatoms. The van der Waals surface area contributed by atoms with Gasteiger partial charge in [0.1, 0.15) is 0 Å². The van der Waals surface area contributed by atoms with E-state index in [0.717, 1.165) is 25.7 Å². The Morgan fingerprint density at radius 2 is 1.80 bits per heavy atom. The number of amides is 1. The van der Waals surface area contributed by atoms with Crippen LogP contribution in [0.1, 0.15) is 25.7 Å². The summed E-state index contributed by atoms with van der Waals surface area (Å²) in [6.07, 6.45) is -2.54. The van der Waals surface area contributed by atoms with E-state index in [0.29, 0.717) is 11.8 Å². The standard InChI is InChI=1S/C13H21F3N2O2/c1-18(6-10(19)13(14,15)16)7-11(20)17-12(8-2-3-8)9-4-5-9/h8-10,12,19H,2-7H2,1H3,(H,17,20). The number of nitrogens with one attached hydrogen (secondary N) is 1. The Balaban J connectivity index is 1.73. The topological polar surface area (TPSA) is 52.6 Å². The van der Waals surface area contributed by atoms with Gasteiger partial charge in [-0.2, -0.15) is 13.2 Å². The molecule has 0 saturated heterocycles. The minimum absolute atomic E-state index is 0.122. The van der Waals surface area contributed by atoms with E-state index in [4.69, 9.17) is 5.11 Å². The third-order valence-corrected chi connectivity index (χ3v) is 3.86. The highest BCUT2D eigenvalue weighted by molar-refractivity contribution is 5.78. The lowest BCUT2D eigenvalue weighted by molar-refractivity contribution is -0.207. The Morgan fingerprint density at radius 3 is 2.20 bits per heavy atom. The van der Waals surface area contributed by atoms with Crippen LogP contribution in [0.3, 0.4) is 0 Å². The Morgan fingerprint density at radius 1 is 1.30 bits per heavy atom. The van der Waals surface area contributed by atoms with Crippen molar-refractivity contribution in [2.24, 2.45) is 11.8 Å². The van der Waals surface area contributed by atoms with E-state index in [-0.39, 0.29) is 18.5 Å².